The average molecular weight is 1090 g/mol. The van der Waals surface area contributed by atoms with Crippen molar-refractivity contribution in [3.63, 3.8) is 0 Å². The van der Waals surface area contributed by atoms with Gasteiger partial charge in [0.15, 0.2) is 6.10 Å². The predicted molar refractivity (Wildman–Crippen MR) is 339 cm³/mol. The van der Waals surface area contributed by atoms with E-state index < -0.39 is 6.10 Å². The molecule has 0 bridgehead atoms. The molecular weight excluding hydrogens is 961 g/mol. The van der Waals surface area contributed by atoms with E-state index in [2.05, 4.69) is 69.4 Å². The largest absolute Gasteiger partial charge is 0.462 e. The molecular formula is C72H132O6. The van der Waals surface area contributed by atoms with E-state index in [-0.39, 0.29) is 31.1 Å². The zero-order chi connectivity index (χ0) is 56.4. The van der Waals surface area contributed by atoms with Gasteiger partial charge in [0.2, 0.25) is 0 Å². The number of carbonyl (C=O) groups is 3. The Balaban J connectivity index is 4.28. The van der Waals surface area contributed by atoms with E-state index in [1.165, 1.54) is 250 Å². The van der Waals surface area contributed by atoms with Gasteiger partial charge in [-0.1, -0.05) is 326 Å². The van der Waals surface area contributed by atoms with E-state index in [9.17, 15) is 14.4 Å². The second-order valence-electron chi connectivity index (χ2n) is 23.4. The Morgan fingerprint density at radius 3 is 0.744 bits per heavy atom. The molecule has 0 aromatic carbocycles. The molecule has 456 valence electrons. The maximum absolute atomic E-state index is 12.9. The van der Waals surface area contributed by atoms with Gasteiger partial charge in [-0.3, -0.25) is 14.4 Å². The third-order valence-electron chi connectivity index (χ3n) is 15.6. The molecule has 0 saturated heterocycles. The molecule has 1 atom stereocenters. The third-order valence-corrected chi connectivity index (χ3v) is 15.6. The molecule has 0 spiro atoms. The van der Waals surface area contributed by atoms with E-state index in [4.69, 9.17) is 14.2 Å². The molecule has 0 N–H and O–H groups in total. The zero-order valence-corrected chi connectivity index (χ0v) is 52.5. The fourth-order valence-electron chi connectivity index (χ4n) is 10.3. The lowest BCUT2D eigenvalue weighted by molar-refractivity contribution is -0.167. The van der Waals surface area contributed by atoms with Gasteiger partial charge in [0.1, 0.15) is 13.2 Å². The second-order valence-corrected chi connectivity index (χ2v) is 23.4. The van der Waals surface area contributed by atoms with Crippen LogP contribution in [-0.2, 0) is 28.6 Å². The molecule has 6 heteroatoms. The maximum Gasteiger partial charge on any atom is 0.306 e. The summed E-state index contributed by atoms with van der Waals surface area (Å²) in [6.07, 6.45) is 84.2. The van der Waals surface area contributed by atoms with Crippen molar-refractivity contribution in [3.05, 3.63) is 48.6 Å². The summed E-state index contributed by atoms with van der Waals surface area (Å²) >= 11 is 0. The van der Waals surface area contributed by atoms with Gasteiger partial charge >= 0.3 is 17.9 Å². The Morgan fingerprint density at radius 1 is 0.256 bits per heavy atom. The first-order valence-electron chi connectivity index (χ1n) is 34.6. The van der Waals surface area contributed by atoms with Gasteiger partial charge in [-0.15, -0.1) is 0 Å². The van der Waals surface area contributed by atoms with Gasteiger partial charge in [-0.25, -0.2) is 0 Å². The van der Waals surface area contributed by atoms with Gasteiger partial charge in [0.25, 0.3) is 0 Å². The van der Waals surface area contributed by atoms with E-state index in [1.54, 1.807) is 0 Å². The maximum atomic E-state index is 12.9. The van der Waals surface area contributed by atoms with Crippen LogP contribution in [0.2, 0.25) is 0 Å². The number of ether oxygens (including phenoxy) is 3. The molecule has 0 heterocycles. The van der Waals surface area contributed by atoms with Crippen molar-refractivity contribution in [1.29, 1.82) is 0 Å². The van der Waals surface area contributed by atoms with Gasteiger partial charge in [0.05, 0.1) is 0 Å². The quantitative estimate of drug-likeness (QED) is 0.0261. The molecule has 78 heavy (non-hydrogen) atoms. The highest BCUT2D eigenvalue weighted by Crippen LogP contribution is 2.18. The van der Waals surface area contributed by atoms with Crippen molar-refractivity contribution in [1.82, 2.24) is 0 Å². The highest BCUT2D eigenvalue weighted by molar-refractivity contribution is 5.71. The standard InChI is InChI=1S/C72H132O6/c1-4-7-10-13-16-19-22-25-28-30-32-34-36-38-40-42-44-47-50-53-56-59-62-65-71(74)77-68-69(67-76-70(73)64-61-58-55-52-49-46-27-24-21-18-15-12-9-6-3)78-72(75)66-63-60-57-54-51-48-45-43-41-39-37-35-33-31-29-26-23-20-17-14-11-8-5-2/h15,18,22,24-25,27,30,32,69H,4-14,16-17,19-21,23,26,28-29,31,33-68H2,1-3H3/b18-15-,25-22-,27-24-,32-30-. The Labute approximate surface area is 486 Å². The lowest BCUT2D eigenvalue weighted by Gasteiger charge is -2.18. The van der Waals surface area contributed by atoms with Crippen molar-refractivity contribution in [3.8, 4) is 0 Å². The summed E-state index contributed by atoms with van der Waals surface area (Å²) in [5.74, 6) is -0.866. The fourth-order valence-corrected chi connectivity index (χ4v) is 10.3. The number of allylic oxidation sites excluding steroid dienone is 8. The van der Waals surface area contributed by atoms with Crippen molar-refractivity contribution >= 4 is 17.9 Å². The number of hydrogen-bond donors (Lipinski definition) is 0. The van der Waals surface area contributed by atoms with Crippen molar-refractivity contribution in [2.75, 3.05) is 13.2 Å². The summed E-state index contributed by atoms with van der Waals surface area (Å²) in [5.41, 5.74) is 0. The molecule has 0 radical (unpaired) electrons. The second kappa shape index (κ2) is 66.9. The lowest BCUT2D eigenvalue weighted by atomic mass is 10.0. The summed E-state index contributed by atoms with van der Waals surface area (Å²) in [5, 5.41) is 0. The molecule has 0 aliphatic heterocycles. The van der Waals surface area contributed by atoms with Crippen LogP contribution in [0.25, 0.3) is 0 Å². The van der Waals surface area contributed by atoms with Crippen molar-refractivity contribution in [2.45, 2.75) is 380 Å². The molecule has 0 saturated carbocycles. The molecule has 0 aliphatic rings. The highest BCUT2D eigenvalue weighted by Gasteiger charge is 2.19. The van der Waals surface area contributed by atoms with Crippen LogP contribution in [-0.4, -0.2) is 37.2 Å². The van der Waals surface area contributed by atoms with Crippen LogP contribution in [0.4, 0.5) is 0 Å². The molecule has 1 unspecified atom stereocenters. The monoisotopic (exact) mass is 1090 g/mol. The minimum atomic E-state index is -0.779. The van der Waals surface area contributed by atoms with E-state index >= 15 is 0 Å². The third kappa shape index (κ3) is 64.2. The van der Waals surface area contributed by atoms with Crippen molar-refractivity contribution in [2.24, 2.45) is 0 Å². The summed E-state index contributed by atoms with van der Waals surface area (Å²) in [6.45, 7) is 6.64. The van der Waals surface area contributed by atoms with Gasteiger partial charge in [-0.2, -0.15) is 0 Å². The first-order chi connectivity index (χ1) is 38.5. The average Bonchev–Trinajstić information content (AvgIpc) is 3.44. The number of carbonyl (C=O) groups excluding carboxylic acids is 3. The topological polar surface area (TPSA) is 78.9 Å². The minimum Gasteiger partial charge on any atom is -0.462 e. The Morgan fingerprint density at radius 2 is 0.474 bits per heavy atom. The summed E-state index contributed by atoms with van der Waals surface area (Å²) in [4.78, 5) is 38.4. The first kappa shape index (κ1) is 75.4. The zero-order valence-electron chi connectivity index (χ0n) is 52.5. The van der Waals surface area contributed by atoms with E-state index in [0.717, 1.165) is 83.5 Å². The summed E-state index contributed by atoms with van der Waals surface area (Å²) < 4.78 is 17.0. The predicted octanol–water partition coefficient (Wildman–Crippen LogP) is 23.7. The van der Waals surface area contributed by atoms with Crippen LogP contribution in [0.3, 0.4) is 0 Å². The Bertz CT molecular complexity index is 1350. The number of hydrogen-bond acceptors (Lipinski definition) is 6. The molecule has 0 rings (SSSR count). The Hall–Kier alpha value is -2.63. The summed E-state index contributed by atoms with van der Waals surface area (Å²) in [6, 6.07) is 0. The SMILES string of the molecule is CCCC/C=C\C/C=C\CCCCCCCC(=O)OCC(COC(=O)CCCCCCCCCCCCC/C=C\C/C=C\CCCCCCC)OC(=O)CCCCCCCCCCCCCCCCCCCCCCCCC. The van der Waals surface area contributed by atoms with Gasteiger partial charge in [-0.05, 0) is 77.0 Å². The number of rotatable bonds is 64. The van der Waals surface area contributed by atoms with Crippen LogP contribution in [0.5, 0.6) is 0 Å². The van der Waals surface area contributed by atoms with Gasteiger partial charge < -0.3 is 14.2 Å². The van der Waals surface area contributed by atoms with E-state index in [0.29, 0.717) is 19.3 Å². The molecule has 0 aliphatic carbocycles. The van der Waals surface area contributed by atoms with Crippen LogP contribution in [0, 0.1) is 0 Å². The van der Waals surface area contributed by atoms with E-state index in [1.807, 2.05) is 0 Å². The molecule has 0 aromatic rings. The van der Waals surface area contributed by atoms with Gasteiger partial charge in [0, 0.05) is 19.3 Å². The molecule has 0 fully saturated rings. The first-order valence-corrected chi connectivity index (χ1v) is 34.6. The van der Waals surface area contributed by atoms with Crippen LogP contribution in [0.1, 0.15) is 374 Å². The molecule has 0 amide bonds. The fraction of sp³-hybridized carbons (Fsp3) is 0.847. The number of esters is 3. The normalized spacial score (nSPS) is 12.3. The minimum absolute atomic E-state index is 0.0749. The van der Waals surface area contributed by atoms with Crippen LogP contribution < -0.4 is 0 Å². The number of unbranched alkanes of at least 4 members (excludes halogenated alkanes) is 45. The molecule has 6 nitrogen and oxygen atoms in total. The highest BCUT2D eigenvalue weighted by atomic mass is 16.6. The molecule has 0 aromatic heterocycles. The smallest absolute Gasteiger partial charge is 0.306 e. The Kier molecular flexibility index (Phi) is 64.6. The lowest BCUT2D eigenvalue weighted by Crippen LogP contribution is -2.30. The summed E-state index contributed by atoms with van der Waals surface area (Å²) in [7, 11) is 0. The van der Waals surface area contributed by atoms with Crippen LogP contribution >= 0.6 is 0 Å². The van der Waals surface area contributed by atoms with Crippen LogP contribution in [0.15, 0.2) is 48.6 Å². The van der Waals surface area contributed by atoms with Crippen molar-refractivity contribution < 1.29 is 28.6 Å².